The number of aryl methyl sites for hydroxylation is 2. The monoisotopic (exact) mass is 319 g/mol. The predicted octanol–water partition coefficient (Wildman–Crippen LogP) is 3.35. The zero-order valence-electron chi connectivity index (χ0n) is 12.9. The van der Waals surface area contributed by atoms with E-state index in [4.69, 9.17) is 4.42 Å². The third-order valence-electron chi connectivity index (χ3n) is 4.01. The molecule has 1 fully saturated rings. The summed E-state index contributed by atoms with van der Waals surface area (Å²) in [5.41, 5.74) is 1.85. The Hall–Kier alpha value is -1.66. The summed E-state index contributed by atoms with van der Waals surface area (Å²) in [6.45, 7) is 5.96. The highest BCUT2D eigenvalue weighted by Gasteiger charge is 2.17. The molecule has 0 spiro atoms. The van der Waals surface area contributed by atoms with E-state index in [1.807, 2.05) is 25.3 Å². The third-order valence-corrected chi connectivity index (χ3v) is 4.77. The van der Waals surface area contributed by atoms with Crippen molar-refractivity contribution in [2.45, 2.75) is 33.1 Å². The minimum atomic E-state index is 0.0490. The Bertz CT molecular complexity index is 656. The van der Waals surface area contributed by atoms with Crippen LogP contribution in [0.15, 0.2) is 15.9 Å². The van der Waals surface area contributed by atoms with Crippen molar-refractivity contribution >= 4 is 22.4 Å². The summed E-state index contributed by atoms with van der Waals surface area (Å²) in [5, 5.41) is 8.83. The van der Waals surface area contributed by atoms with Gasteiger partial charge in [0.2, 0.25) is 5.91 Å². The van der Waals surface area contributed by atoms with Crippen LogP contribution in [-0.2, 0) is 4.79 Å². The van der Waals surface area contributed by atoms with Crippen molar-refractivity contribution < 1.29 is 9.21 Å². The Balaban J connectivity index is 1.57. The molecule has 1 atom stereocenters. The van der Waals surface area contributed by atoms with E-state index in [2.05, 4.69) is 15.6 Å². The molecule has 22 heavy (non-hydrogen) atoms. The van der Waals surface area contributed by atoms with Gasteiger partial charge in [0.15, 0.2) is 5.13 Å². The largest absolute Gasteiger partial charge is 0.466 e. The first-order valence-electron chi connectivity index (χ1n) is 7.65. The Kier molecular flexibility index (Phi) is 4.59. The summed E-state index contributed by atoms with van der Waals surface area (Å²) in [6, 6.07) is 1.98. The number of anilines is 1. The zero-order valence-corrected chi connectivity index (χ0v) is 13.8. The third kappa shape index (κ3) is 3.56. The van der Waals surface area contributed by atoms with Gasteiger partial charge in [0.25, 0.3) is 0 Å². The van der Waals surface area contributed by atoms with Gasteiger partial charge in [-0.3, -0.25) is 4.79 Å². The molecule has 2 aromatic heterocycles. The SMILES string of the molecule is Cc1cc(-c2csc(NC(=O)CCC3CCNC3)n2)c(C)o1. The summed E-state index contributed by atoms with van der Waals surface area (Å²) in [7, 11) is 0. The lowest BCUT2D eigenvalue weighted by atomic mass is 10.0. The minimum Gasteiger partial charge on any atom is -0.466 e. The van der Waals surface area contributed by atoms with E-state index >= 15 is 0 Å². The van der Waals surface area contributed by atoms with E-state index in [0.717, 1.165) is 42.3 Å². The van der Waals surface area contributed by atoms with Gasteiger partial charge < -0.3 is 15.1 Å². The van der Waals surface area contributed by atoms with Crippen LogP contribution in [0.5, 0.6) is 0 Å². The fraction of sp³-hybridized carbons (Fsp3) is 0.500. The summed E-state index contributed by atoms with van der Waals surface area (Å²) in [6.07, 6.45) is 2.68. The molecule has 5 nitrogen and oxygen atoms in total. The first-order valence-corrected chi connectivity index (χ1v) is 8.53. The highest BCUT2D eigenvalue weighted by atomic mass is 32.1. The van der Waals surface area contributed by atoms with Crippen molar-refractivity contribution in [2.24, 2.45) is 5.92 Å². The fourth-order valence-corrected chi connectivity index (χ4v) is 3.54. The van der Waals surface area contributed by atoms with E-state index in [1.165, 1.54) is 17.8 Å². The van der Waals surface area contributed by atoms with Crippen molar-refractivity contribution in [3.63, 3.8) is 0 Å². The molecular formula is C16H21N3O2S. The number of rotatable bonds is 5. The van der Waals surface area contributed by atoms with Gasteiger partial charge in [-0.2, -0.15) is 0 Å². The van der Waals surface area contributed by atoms with Gasteiger partial charge in [-0.05, 0) is 51.8 Å². The normalized spacial score (nSPS) is 17.8. The van der Waals surface area contributed by atoms with Crippen molar-refractivity contribution in [1.29, 1.82) is 0 Å². The van der Waals surface area contributed by atoms with Gasteiger partial charge in [-0.1, -0.05) is 0 Å². The predicted molar refractivity (Wildman–Crippen MR) is 88.1 cm³/mol. The Morgan fingerprint density at radius 3 is 3.09 bits per heavy atom. The molecule has 0 radical (unpaired) electrons. The van der Waals surface area contributed by atoms with Crippen LogP contribution in [0, 0.1) is 19.8 Å². The van der Waals surface area contributed by atoms with E-state index in [9.17, 15) is 4.79 Å². The van der Waals surface area contributed by atoms with Crippen molar-refractivity contribution in [3.8, 4) is 11.3 Å². The number of nitrogens with one attached hydrogen (secondary N) is 2. The molecule has 118 valence electrons. The highest BCUT2D eigenvalue weighted by Crippen LogP contribution is 2.29. The van der Waals surface area contributed by atoms with Gasteiger partial charge in [-0.25, -0.2) is 4.98 Å². The van der Waals surface area contributed by atoms with Crippen LogP contribution in [0.1, 0.15) is 30.8 Å². The van der Waals surface area contributed by atoms with Crippen LogP contribution in [0.25, 0.3) is 11.3 Å². The maximum atomic E-state index is 12.0. The van der Waals surface area contributed by atoms with Crippen LogP contribution >= 0.6 is 11.3 Å². The zero-order chi connectivity index (χ0) is 15.5. The van der Waals surface area contributed by atoms with E-state index in [1.54, 1.807) is 0 Å². The summed E-state index contributed by atoms with van der Waals surface area (Å²) >= 11 is 1.45. The Morgan fingerprint density at radius 1 is 1.55 bits per heavy atom. The molecule has 0 bridgehead atoms. The second kappa shape index (κ2) is 6.62. The van der Waals surface area contributed by atoms with Gasteiger partial charge in [0.05, 0.1) is 5.69 Å². The van der Waals surface area contributed by atoms with E-state index < -0.39 is 0 Å². The van der Waals surface area contributed by atoms with Gasteiger partial charge in [0, 0.05) is 17.4 Å². The molecule has 1 aliphatic heterocycles. The summed E-state index contributed by atoms with van der Waals surface area (Å²) in [5.74, 6) is 2.41. The van der Waals surface area contributed by atoms with Crippen LogP contribution in [0.2, 0.25) is 0 Å². The van der Waals surface area contributed by atoms with Crippen LogP contribution in [0.3, 0.4) is 0 Å². The average molecular weight is 319 g/mol. The number of nitrogens with zero attached hydrogens (tertiary/aromatic N) is 1. The number of hydrogen-bond acceptors (Lipinski definition) is 5. The maximum absolute atomic E-state index is 12.0. The molecule has 1 saturated heterocycles. The Labute approximate surface area is 134 Å². The summed E-state index contributed by atoms with van der Waals surface area (Å²) in [4.78, 5) is 16.5. The molecule has 6 heteroatoms. The quantitative estimate of drug-likeness (QED) is 0.887. The van der Waals surface area contributed by atoms with Gasteiger partial charge in [-0.15, -0.1) is 11.3 Å². The van der Waals surface area contributed by atoms with Crippen molar-refractivity contribution in [3.05, 3.63) is 23.0 Å². The number of thiazole rings is 1. The minimum absolute atomic E-state index is 0.0490. The highest BCUT2D eigenvalue weighted by molar-refractivity contribution is 7.14. The summed E-state index contributed by atoms with van der Waals surface area (Å²) < 4.78 is 5.53. The molecule has 0 saturated carbocycles. The van der Waals surface area contributed by atoms with Crippen molar-refractivity contribution in [1.82, 2.24) is 10.3 Å². The van der Waals surface area contributed by atoms with E-state index in [0.29, 0.717) is 17.5 Å². The molecule has 3 rings (SSSR count). The molecule has 1 amide bonds. The molecular weight excluding hydrogens is 298 g/mol. The average Bonchev–Trinajstić information content (AvgIpc) is 3.18. The number of amides is 1. The van der Waals surface area contributed by atoms with Crippen LogP contribution in [-0.4, -0.2) is 24.0 Å². The maximum Gasteiger partial charge on any atom is 0.226 e. The lowest BCUT2D eigenvalue weighted by molar-refractivity contribution is -0.116. The number of furan rings is 1. The smallest absolute Gasteiger partial charge is 0.226 e. The number of aromatic nitrogens is 1. The van der Waals surface area contributed by atoms with Crippen molar-refractivity contribution in [2.75, 3.05) is 18.4 Å². The van der Waals surface area contributed by atoms with Gasteiger partial charge >= 0.3 is 0 Å². The lowest BCUT2D eigenvalue weighted by Crippen LogP contribution is -2.14. The molecule has 0 aromatic carbocycles. The van der Waals surface area contributed by atoms with Crippen LogP contribution < -0.4 is 10.6 Å². The standard InChI is InChI=1S/C16H21N3O2S/c1-10-7-13(11(2)21-10)14-9-22-16(18-14)19-15(20)4-3-12-5-6-17-8-12/h7,9,12,17H,3-6,8H2,1-2H3,(H,18,19,20). The first kappa shape index (κ1) is 15.2. The molecule has 3 heterocycles. The molecule has 1 aliphatic rings. The van der Waals surface area contributed by atoms with Crippen LogP contribution in [0.4, 0.5) is 5.13 Å². The van der Waals surface area contributed by atoms with Gasteiger partial charge in [0.1, 0.15) is 11.5 Å². The number of hydrogen-bond donors (Lipinski definition) is 2. The topological polar surface area (TPSA) is 67.2 Å². The first-order chi connectivity index (χ1) is 10.6. The molecule has 2 N–H and O–H groups in total. The van der Waals surface area contributed by atoms with E-state index in [-0.39, 0.29) is 5.91 Å². The molecule has 1 unspecified atom stereocenters. The fourth-order valence-electron chi connectivity index (χ4n) is 2.82. The second-order valence-corrected chi connectivity index (χ2v) is 6.67. The second-order valence-electron chi connectivity index (χ2n) is 5.81. The lowest BCUT2D eigenvalue weighted by Gasteiger charge is -2.06. The molecule has 0 aliphatic carbocycles. The molecule has 2 aromatic rings. The number of carbonyl (C=O) groups is 1. The Morgan fingerprint density at radius 2 is 2.41 bits per heavy atom. The number of carbonyl (C=O) groups excluding carboxylic acids is 1.